The lowest BCUT2D eigenvalue weighted by Gasteiger charge is -2.07. The molecule has 3 aromatic rings. The molecule has 1 aromatic carbocycles. The first-order valence-corrected chi connectivity index (χ1v) is 9.42. The molecule has 3 heterocycles. The van der Waals surface area contributed by atoms with Gasteiger partial charge >= 0.3 is 0 Å². The minimum absolute atomic E-state index is 0.589. The first-order valence-electron chi connectivity index (χ1n) is 6.67. The summed E-state index contributed by atoms with van der Waals surface area (Å²) in [6, 6.07) is 10.6. The van der Waals surface area contributed by atoms with Gasteiger partial charge in [-0.05, 0) is 29.5 Å². The number of benzene rings is 1. The normalized spacial score (nSPS) is 17.2. The SMILES string of the molecule is Nc1nc(SCC2Cc3ccccc3S2)nc2sccc12. The molecule has 1 unspecified atom stereocenters. The highest BCUT2D eigenvalue weighted by molar-refractivity contribution is 8.03. The van der Waals surface area contributed by atoms with Gasteiger partial charge in [-0.25, -0.2) is 9.97 Å². The van der Waals surface area contributed by atoms with Crippen molar-refractivity contribution in [3.05, 3.63) is 41.3 Å². The highest BCUT2D eigenvalue weighted by Gasteiger charge is 2.22. The maximum atomic E-state index is 5.99. The van der Waals surface area contributed by atoms with Gasteiger partial charge in [0.25, 0.3) is 0 Å². The van der Waals surface area contributed by atoms with Crippen molar-refractivity contribution in [1.29, 1.82) is 0 Å². The molecule has 21 heavy (non-hydrogen) atoms. The van der Waals surface area contributed by atoms with Crippen LogP contribution in [0.3, 0.4) is 0 Å². The molecule has 1 aliphatic rings. The Morgan fingerprint density at radius 1 is 1.24 bits per heavy atom. The van der Waals surface area contributed by atoms with E-state index in [4.69, 9.17) is 5.73 Å². The van der Waals surface area contributed by atoms with Gasteiger partial charge in [0.15, 0.2) is 5.16 Å². The Kier molecular flexibility index (Phi) is 3.52. The van der Waals surface area contributed by atoms with Crippen molar-refractivity contribution in [2.75, 3.05) is 11.5 Å². The number of thioether (sulfide) groups is 2. The first-order chi connectivity index (χ1) is 10.3. The van der Waals surface area contributed by atoms with Crippen LogP contribution in [0.5, 0.6) is 0 Å². The van der Waals surface area contributed by atoms with Gasteiger partial charge in [-0.2, -0.15) is 0 Å². The number of thiophene rings is 1. The molecule has 0 saturated heterocycles. The van der Waals surface area contributed by atoms with E-state index in [9.17, 15) is 0 Å². The van der Waals surface area contributed by atoms with E-state index in [0.717, 1.165) is 27.5 Å². The van der Waals surface area contributed by atoms with E-state index in [1.54, 1.807) is 23.1 Å². The molecule has 3 nitrogen and oxygen atoms in total. The van der Waals surface area contributed by atoms with Crippen LogP contribution in [-0.4, -0.2) is 21.0 Å². The van der Waals surface area contributed by atoms with E-state index in [2.05, 4.69) is 34.2 Å². The summed E-state index contributed by atoms with van der Waals surface area (Å²) >= 11 is 5.28. The summed E-state index contributed by atoms with van der Waals surface area (Å²) < 4.78 is 0. The Bertz CT molecular complexity index is 775. The molecule has 0 fully saturated rings. The molecule has 0 bridgehead atoms. The zero-order valence-electron chi connectivity index (χ0n) is 11.2. The summed E-state index contributed by atoms with van der Waals surface area (Å²) in [6.07, 6.45) is 1.13. The molecule has 0 amide bonds. The molecule has 0 spiro atoms. The molecule has 0 aliphatic carbocycles. The lowest BCUT2D eigenvalue weighted by molar-refractivity contribution is 0.957. The largest absolute Gasteiger partial charge is 0.383 e. The zero-order valence-corrected chi connectivity index (χ0v) is 13.6. The van der Waals surface area contributed by atoms with E-state index in [-0.39, 0.29) is 0 Å². The van der Waals surface area contributed by atoms with Crippen LogP contribution in [0, 0.1) is 0 Å². The van der Waals surface area contributed by atoms with Crippen molar-refractivity contribution in [3.63, 3.8) is 0 Å². The van der Waals surface area contributed by atoms with Crippen molar-refractivity contribution in [1.82, 2.24) is 9.97 Å². The Labute approximate surface area is 135 Å². The third-order valence-corrected chi connectivity index (χ3v) is 6.79. The van der Waals surface area contributed by atoms with Crippen LogP contribution in [0.4, 0.5) is 5.82 Å². The second kappa shape index (κ2) is 5.51. The number of aromatic nitrogens is 2. The van der Waals surface area contributed by atoms with Crippen molar-refractivity contribution in [3.8, 4) is 0 Å². The van der Waals surface area contributed by atoms with Crippen LogP contribution < -0.4 is 5.73 Å². The van der Waals surface area contributed by atoms with Crippen LogP contribution in [0.1, 0.15) is 5.56 Å². The predicted octanol–water partition coefficient (Wildman–Crippen LogP) is 4.08. The average molecular weight is 331 g/mol. The van der Waals surface area contributed by atoms with Gasteiger partial charge in [0.2, 0.25) is 0 Å². The fourth-order valence-electron chi connectivity index (χ4n) is 2.44. The number of rotatable bonds is 3. The zero-order chi connectivity index (χ0) is 14.2. The molecule has 106 valence electrons. The monoisotopic (exact) mass is 331 g/mol. The molecular weight excluding hydrogens is 318 g/mol. The van der Waals surface area contributed by atoms with Gasteiger partial charge in [0.1, 0.15) is 10.6 Å². The summed E-state index contributed by atoms with van der Waals surface area (Å²) in [5.41, 5.74) is 7.45. The van der Waals surface area contributed by atoms with Crippen molar-refractivity contribution < 1.29 is 0 Å². The Balaban J connectivity index is 1.47. The first kappa shape index (κ1) is 13.4. The number of hydrogen-bond acceptors (Lipinski definition) is 6. The lowest BCUT2D eigenvalue weighted by Crippen LogP contribution is -2.05. The Morgan fingerprint density at radius 2 is 2.14 bits per heavy atom. The van der Waals surface area contributed by atoms with Crippen molar-refractivity contribution >= 4 is 50.9 Å². The summed E-state index contributed by atoms with van der Waals surface area (Å²) in [7, 11) is 0. The Hall–Kier alpha value is -1.24. The van der Waals surface area contributed by atoms with Crippen LogP contribution >= 0.6 is 34.9 Å². The molecule has 2 N–H and O–H groups in total. The van der Waals surface area contributed by atoms with Gasteiger partial charge in [0.05, 0.1) is 5.39 Å². The summed E-state index contributed by atoms with van der Waals surface area (Å²) in [4.78, 5) is 11.4. The summed E-state index contributed by atoms with van der Waals surface area (Å²) in [6.45, 7) is 0. The van der Waals surface area contributed by atoms with Gasteiger partial charge in [-0.15, -0.1) is 23.1 Å². The van der Waals surface area contributed by atoms with Crippen molar-refractivity contribution in [2.24, 2.45) is 0 Å². The molecule has 1 aliphatic heterocycles. The average Bonchev–Trinajstić information content (AvgIpc) is 3.11. The molecule has 6 heteroatoms. The minimum atomic E-state index is 0.589. The van der Waals surface area contributed by atoms with Gasteiger partial charge in [-0.3, -0.25) is 0 Å². The van der Waals surface area contributed by atoms with Crippen LogP contribution in [0.15, 0.2) is 45.8 Å². The lowest BCUT2D eigenvalue weighted by atomic mass is 10.1. The standard InChI is InChI=1S/C15H13N3S3/c16-13-11-5-6-19-14(11)18-15(17-13)20-8-10-7-9-3-1-2-4-12(9)21-10/h1-6,10H,7-8H2,(H2,16,17,18). The maximum Gasteiger partial charge on any atom is 0.190 e. The number of anilines is 1. The highest BCUT2D eigenvalue weighted by Crippen LogP contribution is 2.39. The van der Waals surface area contributed by atoms with Gasteiger partial charge in [0, 0.05) is 15.9 Å². The van der Waals surface area contributed by atoms with Gasteiger partial charge < -0.3 is 5.73 Å². The fourth-order valence-corrected chi connectivity index (χ4v) is 5.60. The highest BCUT2D eigenvalue weighted by atomic mass is 32.2. The third kappa shape index (κ3) is 2.63. The van der Waals surface area contributed by atoms with E-state index >= 15 is 0 Å². The number of nitrogen functional groups attached to an aromatic ring is 1. The predicted molar refractivity (Wildman–Crippen MR) is 92.3 cm³/mol. The van der Waals surface area contributed by atoms with Crippen LogP contribution in [0.25, 0.3) is 10.2 Å². The van der Waals surface area contributed by atoms with E-state index < -0.39 is 0 Å². The fraction of sp³-hybridized carbons (Fsp3) is 0.200. The number of hydrogen-bond donors (Lipinski definition) is 1. The second-order valence-corrected chi connectivity index (χ2v) is 8.12. The number of nitrogens with zero attached hydrogens (tertiary/aromatic N) is 2. The smallest absolute Gasteiger partial charge is 0.190 e. The van der Waals surface area contributed by atoms with Gasteiger partial charge in [-0.1, -0.05) is 30.0 Å². The van der Waals surface area contributed by atoms with E-state index in [1.165, 1.54) is 10.5 Å². The number of nitrogens with two attached hydrogens (primary N) is 1. The molecule has 0 saturated carbocycles. The minimum Gasteiger partial charge on any atom is -0.383 e. The third-order valence-electron chi connectivity index (χ3n) is 3.45. The second-order valence-electron chi connectivity index (χ2n) is 4.89. The molecule has 1 atom stereocenters. The Morgan fingerprint density at radius 3 is 3.05 bits per heavy atom. The molecular formula is C15H13N3S3. The van der Waals surface area contributed by atoms with E-state index in [1.807, 2.05) is 23.2 Å². The summed E-state index contributed by atoms with van der Waals surface area (Å²) in [5.74, 6) is 1.60. The topological polar surface area (TPSA) is 51.8 Å². The molecule has 2 aromatic heterocycles. The van der Waals surface area contributed by atoms with Crippen LogP contribution in [0.2, 0.25) is 0 Å². The number of fused-ring (bicyclic) bond motifs is 2. The van der Waals surface area contributed by atoms with Crippen molar-refractivity contribution in [2.45, 2.75) is 21.7 Å². The van der Waals surface area contributed by atoms with E-state index in [0.29, 0.717) is 11.1 Å². The molecule has 4 rings (SSSR count). The van der Waals surface area contributed by atoms with Crippen LogP contribution in [-0.2, 0) is 6.42 Å². The maximum absolute atomic E-state index is 5.99. The quantitative estimate of drug-likeness (QED) is 0.579. The molecule has 0 radical (unpaired) electrons. The summed E-state index contributed by atoms with van der Waals surface area (Å²) in [5, 5.41) is 4.36.